The fraction of sp³-hybridized carbons (Fsp3) is 0.312. The molecule has 0 fully saturated rings. The summed E-state index contributed by atoms with van der Waals surface area (Å²) in [5, 5.41) is 0. The Kier molecular flexibility index (Phi) is 4.05. The predicted molar refractivity (Wildman–Crippen MR) is 76.6 cm³/mol. The first-order valence-corrected chi connectivity index (χ1v) is 6.50. The van der Waals surface area contributed by atoms with Gasteiger partial charge < -0.3 is 9.32 Å². The Hall–Kier alpha value is -2.03. The number of anilines is 1. The lowest BCUT2D eigenvalue weighted by Gasteiger charge is -2.20. The zero-order valence-electron chi connectivity index (χ0n) is 11.6. The number of carbonyl (C=O) groups is 1. The Morgan fingerprint density at radius 3 is 2.58 bits per heavy atom. The second-order valence-electron chi connectivity index (χ2n) is 4.66. The fourth-order valence-electron chi connectivity index (χ4n) is 2.12. The molecule has 0 saturated heterocycles. The first-order chi connectivity index (χ1) is 9.11. The summed E-state index contributed by atoms with van der Waals surface area (Å²) in [6.45, 7) is 4.47. The van der Waals surface area contributed by atoms with Crippen molar-refractivity contribution >= 4 is 11.5 Å². The van der Waals surface area contributed by atoms with Gasteiger partial charge >= 0.3 is 0 Å². The van der Waals surface area contributed by atoms with E-state index in [1.54, 1.807) is 0 Å². The maximum absolute atomic E-state index is 11.9. The molecule has 3 heteroatoms. The van der Waals surface area contributed by atoms with Gasteiger partial charge in [0, 0.05) is 24.7 Å². The van der Waals surface area contributed by atoms with Crippen molar-refractivity contribution in [3.8, 4) is 0 Å². The van der Waals surface area contributed by atoms with Gasteiger partial charge in [0.15, 0.2) is 5.78 Å². The Labute approximate surface area is 113 Å². The van der Waals surface area contributed by atoms with Crippen LogP contribution < -0.4 is 4.90 Å². The molecule has 2 rings (SSSR count). The van der Waals surface area contributed by atoms with Gasteiger partial charge in [-0.25, -0.2) is 0 Å². The molecule has 0 saturated carbocycles. The van der Waals surface area contributed by atoms with E-state index < -0.39 is 0 Å². The molecule has 1 aromatic heterocycles. The maximum Gasteiger partial charge on any atom is 0.164 e. The molecule has 0 radical (unpaired) electrons. The second kappa shape index (κ2) is 5.74. The number of carbonyl (C=O) groups excluding carboxylic acids is 1. The molecule has 0 amide bonds. The number of furan rings is 1. The standard InChI is InChI=1S/C16H19NO2/c1-4-16(18)14-7-5-6-8-15(14)17(3)11-13-10-9-12(2)19-13/h5-10H,4,11H2,1-3H3. The number of aryl methyl sites for hydroxylation is 1. The average Bonchev–Trinajstić information content (AvgIpc) is 2.83. The monoisotopic (exact) mass is 257 g/mol. The van der Waals surface area contributed by atoms with E-state index in [9.17, 15) is 4.79 Å². The van der Waals surface area contributed by atoms with Crippen LogP contribution in [0.15, 0.2) is 40.8 Å². The minimum atomic E-state index is 0.165. The number of nitrogens with zero attached hydrogens (tertiary/aromatic N) is 1. The van der Waals surface area contributed by atoms with Gasteiger partial charge in [0.25, 0.3) is 0 Å². The Balaban J connectivity index is 2.23. The van der Waals surface area contributed by atoms with Crippen molar-refractivity contribution in [3.05, 3.63) is 53.5 Å². The van der Waals surface area contributed by atoms with Crippen molar-refractivity contribution in [1.82, 2.24) is 0 Å². The smallest absolute Gasteiger partial charge is 0.164 e. The quantitative estimate of drug-likeness (QED) is 0.763. The third-order valence-corrected chi connectivity index (χ3v) is 3.13. The number of rotatable bonds is 5. The Morgan fingerprint density at radius 1 is 1.21 bits per heavy atom. The highest BCUT2D eigenvalue weighted by Gasteiger charge is 2.13. The molecule has 0 atom stereocenters. The van der Waals surface area contributed by atoms with Gasteiger partial charge in [-0.15, -0.1) is 0 Å². The van der Waals surface area contributed by atoms with Crippen LogP contribution in [-0.4, -0.2) is 12.8 Å². The molecule has 100 valence electrons. The largest absolute Gasteiger partial charge is 0.464 e. The summed E-state index contributed by atoms with van der Waals surface area (Å²) in [6.07, 6.45) is 0.519. The Bertz CT molecular complexity index is 572. The van der Waals surface area contributed by atoms with Crippen LogP contribution in [0.3, 0.4) is 0 Å². The Morgan fingerprint density at radius 2 is 1.95 bits per heavy atom. The van der Waals surface area contributed by atoms with Crippen molar-refractivity contribution in [2.45, 2.75) is 26.8 Å². The van der Waals surface area contributed by atoms with Crippen LogP contribution in [0.2, 0.25) is 0 Å². The van der Waals surface area contributed by atoms with Crippen molar-refractivity contribution < 1.29 is 9.21 Å². The molecule has 0 unspecified atom stereocenters. The second-order valence-corrected chi connectivity index (χ2v) is 4.66. The summed E-state index contributed by atoms with van der Waals surface area (Å²) in [5.74, 6) is 1.97. The van der Waals surface area contributed by atoms with Crippen LogP contribution in [0.4, 0.5) is 5.69 Å². The summed E-state index contributed by atoms with van der Waals surface area (Å²) in [6, 6.07) is 11.6. The minimum Gasteiger partial charge on any atom is -0.464 e. The van der Waals surface area contributed by atoms with E-state index in [1.165, 1.54) is 0 Å². The number of ketones is 1. The van der Waals surface area contributed by atoms with Crippen molar-refractivity contribution in [2.24, 2.45) is 0 Å². The van der Waals surface area contributed by atoms with Crippen LogP contribution in [0.5, 0.6) is 0 Å². The van der Waals surface area contributed by atoms with Gasteiger partial charge in [-0.3, -0.25) is 4.79 Å². The first-order valence-electron chi connectivity index (χ1n) is 6.50. The van der Waals surface area contributed by atoms with E-state index in [1.807, 2.05) is 62.2 Å². The molecule has 0 aliphatic carbocycles. The lowest BCUT2D eigenvalue weighted by Crippen LogP contribution is -2.18. The summed E-state index contributed by atoms with van der Waals surface area (Å²) in [4.78, 5) is 14.0. The number of Topliss-reactive ketones (excluding diaryl/α,β-unsaturated/α-hetero) is 1. The van der Waals surface area contributed by atoms with E-state index in [0.717, 1.165) is 22.8 Å². The highest BCUT2D eigenvalue weighted by Crippen LogP contribution is 2.22. The molecule has 0 N–H and O–H groups in total. The normalized spacial score (nSPS) is 10.5. The molecule has 1 aromatic carbocycles. The van der Waals surface area contributed by atoms with Crippen LogP contribution >= 0.6 is 0 Å². The van der Waals surface area contributed by atoms with Crippen LogP contribution in [0, 0.1) is 6.92 Å². The van der Waals surface area contributed by atoms with E-state index in [2.05, 4.69) is 0 Å². The zero-order valence-corrected chi connectivity index (χ0v) is 11.6. The highest BCUT2D eigenvalue weighted by atomic mass is 16.3. The molecular weight excluding hydrogens is 238 g/mol. The van der Waals surface area contributed by atoms with Gasteiger partial charge in [-0.05, 0) is 31.2 Å². The van der Waals surface area contributed by atoms with Gasteiger partial charge in [-0.2, -0.15) is 0 Å². The highest BCUT2D eigenvalue weighted by molar-refractivity contribution is 6.01. The van der Waals surface area contributed by atoms with Gasteiger partial charge in [0.05, 0.1) is 6.54 Å². The van der Waals surface area contributed by atoms with Crippen molar-refractivity contribution in [3.63, 3.8) is 0 Å². The van der Waals surface area contributed by atoms with Crippen LogP contribution in [0.1, 0.15) is 35.2 Å². The topological polar surface area (TPSA) is 33.5 Å². The summed E-state index contributed by atoms with van der Waals surface area (Å²) in [7, 11) is 1.97. The molecule has 0 aliphatic heterocycles. The SMILES string of the molecule is CCC(=O)c1ccccc1N(C)Cc1ccc(C)o1. The fourth-order valence-corrected chi connectivity index (χ4v) is 2.12. The number of para-hydroxylation sites is 1. The lowest BCUT2D eigenvalue weighted by atomic mass is 10.1. The predicted octanol–water partition coefficient (Wildman–Crippen LogP) is 3.82. The first kappa shape index (κ1) is 13.4. The molecule has 2 aromatic rings. The molecule has 19 heavy (non-hydrogen) atoms. The van der Waals surface area contributed by atoms with E-state index in [4.69, 9.17) is 4.42 Å². The average molecular weight is 257 g/mol. The van der Waals surface area contributed by atoms with Gasteiger partial charge in [0.1, 0.15) is 11.5 Å². The van der Waals surface area contributed by atoms with Gasteiger partial charge in [-0.1, -0.05) is 19.1 Å². The number of hydrogen-bond donors (Lipinski definition) is 0. The lowest BCUT2D eigenvalue weighted by molar-refractivity contribution is 0.0988. The molecule has 3 nitrogen and oxygen atoms in total. The van der Waals surface area contributed by atoms with Gasteiger partial charge in [0.2, 0.25) is 0 Å². The summed E-state index contributed by atoms with van der Waals surface area (Å²) in [5.41, 5.74) is 1.72. The van der Waals surface area contributed by atoms with Crippen molar-refractivity contribution in [1.29, 1.82) is 0 Å². The third kappa shape index (κ3) is 3.05. The van der Waals surface area contributed by atoms with E-state index in [0.29, 0.717) is 13.0 Å². The van der Waals surface area contributed by atoms with E-state index >= 15 is 0 Å². The van der Waals surface area contributed by atoms with Crippen LogP contribution in [-0.2, 0) is 6.54 Å². The maximum atomic E-state index is 11.9. The number of benzene rings is 1. The molecular formula is C16H19NO2. The zero-order chi connectivity index (χ0) is 13.8. The van der Waals surface area contributed by atoms with Crippen molar-refractivity contribution in [2.75, 3.05) is 11.9 Å². The number of hydrogen-bond acceptors (Lipinski definition) is 3. The van der Waals surface area contributed by atoms with Crippen LogP contribution in [0.25, 0.3) is 0 Å². The molecule has 0 bridgehead atoms. The van der Waals surface area contributed by atoms with E-state index in [-0.39, 0.29) is 5.78 Å². The summed E-state index contributed by atoms with van der Waals surface area (Å²) < 4.78 is 5.58. The molecule has 0 spiro atoms. The summed E-state index contributed by atoms with van der Waals surface area (Å²) >= 11 is 0. The molecule has 0 aliphatic rings. The third-order valence-electron chi connectivity index (χ3n) is 3.13. The minimum absolute atomic E-state index is 0.165. The molecule has 1 heterocycles.